The zero-order valence-electron chi connectivity index (χ0n) is 13.5. The van der Waals surface area contributed by atoms with Crippen molar-refractivity contribution in [3.8, 4) is 11.4 Å². The van der Waals surface area contributed by atoms with Crippen LogP contribution in [0.5, 0.6) is 0 Å². The molecule has 0 radical (unpaired) electrons. The van der Waals surface area contributed by atoms with E-state index in [1.165, 1.54) is 11.8 Å². The minimum atomic E-state index is -0.199. The Morgan fingerprint density at radius 2 is 1.77 bits per heavy atom. The number of benzene rings is 2. The number of carbonyl (C=O) groups excluding carboxylic acids is 1. The Balaban J connectivity index is 1.64. The summed E-state index contributed by atoms with van der Waals surface area (Å²) in [5.41, 5.74) is 1.41. The van der Waals surface area contributed by atoms with Crippen molar-refractivity contribution in [1.29, 1.82) is 0 Å². The van der Waals surface area contributed by atoms with E-state index in [0.717, 1.165) is 5.56 Å². The average molecular weight is 428 g/mol. The molecule has 0 spiro atoms. The first-order chi connectivity index (χ1) is 12.4. The van der Waals surface area contributed by atoms with Crippen LogP contribution in [0.1, 0.15) is 0 Å². The van der Waals surface area contributed by atoms with Crippen LogP contribution >= 0.6 is 46.6 Å². The molecule has 0 saturated carbocycles. The largest absolute Gasteiger partial charge is 0.324 e. The molecule has 0 fully saturated rings. The quantitative estimate of drug-likeness (QED) is 0.570. The van der Waals surface area contributed by atoms with E-state index in [-0.39, 0.29) is 11.7 Å². The summed E-state index contributed by atoms with van der Waals surface area (Å²) in [6.45, 7) is 0. The first-order valence-electron chi connectivity index (χ1n) is 7.47. The van der Waals surface area contributed by atoms with E-state index in [1.54, 1.807) is 30.3 Å². The van der Waals surface area contributed by atoms with Gasteiger partial charge in [-0.25, -0.2) is 0 Å². The number of thioether (sulfide) groups is 1. The summed E-state index contributed by atoms with van der Waals surface area (Å²) in [4.78, 5) is 12.2. The van der Waals surface area contributed by atoms with Crippen molar-refractivity contribution >= 4 is 58.2 Å². The molecule has 0 aliphatic carbocycles. The molecule has 134 valence electrons. The maximum atomic E-state index is 12.2. The molecular weight excluding hydrogens is 415 g/mol. The molecule has 0 atom stereocenters. The van der Waals surface area contributed by atoms with Crippen molar-refractivity contribution in [3.05, 3.63) is 57.5 Å². The van der Waals surface area contributed by atoms with Gasteiger partial charge in [-0.05, 0) is 42.5 Å². The van der Waals surface area contributed by atoms with Gasteiger partial charge in [0.1, 0.15) is 0 Å². The van der Waals surface area contributed by atoms with E-state index < -0.39 is 0 Å². The molecule has 1 aromatic heterocycles. The smallest absolute Gasteiger partial charge is 0.234 e. The maximum absolute atomic E-state index is 12.2. The Morgan fingerprint density at radius 3 is 2.46 bits per heavy atom. The molecule has 9 heteroatoms. The topological polar surface area (TPSA) is 59.8 Å². The zero-order valence-corrected chi connectivity index (χ0v) is 16.6. The number of hydrogen-bond acceptors (Lipinski definition) is 4. The third-order valence-electron chi connectivity index (χ3n) is 3.47. The van der Waals surface area contributed by atoms with E-state index in [4.69, 9.17) is 34.8 Å². The van der Waals surface area contributed by atoms with Crippen molar-refractivity contribution in [2.45, 2.75) is 5.16 Å². The van der Waals surface area contributed by atoms with Crippen molar-refractivity contribution < 1.29 is 4.79 Å². The van der Waals surface area contributed by atoms with Crippen LogP contribution in [0.4, 0.5) is 5.69 Å². The van der Waals surface area contributed by atoms with Gasteiger partial charge < -0.3 is 9.88 Å². The van der Waals surface area contributed by atoms with Gasteiger partial charge >= 0.3 is 0 Å². The summed E-state index contributed by atoms with van der Waals surface area (Å²) in [6.07, 6.45) is 0. The summed E-state index contributed by atoms with van der Waals surface area (Å²) >= 11 is 19.1. The van der Waals surface area contributed by atoms with Crippen LogP contribution in [0.2, 0.25) is 15.1 Å². The number of hydrogen-bond donors (Lipinski definition) is 1. The SMILES string of the molecule is Cn1c(SCC(=O)Nc2ccc(Cl)cc2Cl)nnc1-c1ccc(Cl)cc1. The molecule has 3 aromatic rings. The summed E-state index contributed by atoms with van der Waals surface area (Å²) in [5, 5.41) is 13.3. The highest BCUT2D eigenvalue weighted by Crippen LogP contribution is 2.27. The van der Waals surface area contributed by atoms with E-state index >= 15 is 0 Å². The molecule has 0 unspecified atom stereocenters. The highest BCUT2D eigenvalue weighted by molar-refractivity contribution is 7.99. The van der Waals surface area contributed by atoms with Crippen LogP contribution in [-0.4, -0.2) is 26.4 Å². The van der Waals surface area contributed by atoms with Crippen molar-refractivity contribution in [2.24, 2.45) is 7.05 Å². The number of carbonyl (C=O) groups is 1. The normalized spacial score (nSPS) is 10.8. The lowest BCUT2D eigenvalue weighted by Crippen LogP contribution is -2.14. The van der Waals surface area contributed by atoms with Gasteiger partial charge in [0, 0.05) is 22.7 Å². The van der Waals surface area contributed by atoms with Gasteiger partial charge in [-0.1, -0.05) is 46.6 Å². The molecule has 5 nitrogen and oxygen atoms in total. The highest BCUT2D eigenvalue weighted by atomic mass is 35.5. The zero-order chi connectivity index (χ0) is 18.7. The van der Waals surface area contributed by atoms with E-state index in [2.05, 4.69) is 15.5 Å². The van der Waals surface area contributed by atoms with Crippen LogP contribution < -0.4 is 5.32 Å². The summed E-state index contributed by atoms with van der Waals surface area (Å²) in [6, 6.07) is 12.2. The first kappa shape index (κ1) is 19.0. The molecule has 1 N–H and O–H groups in total. The van der Waals surface area contributed by atoms with Gasteiger partial charge in [0.05, 0.1) is 16.5 Å². The Morgan fingerprint density at radius 1 is 1.08 bits per heavy atom. The standard InChI is InChI=1S/C17H13Cl3N4OS/c1-24-16(10-2-4-11(18)5-3-10)22-23-17(24)26-9-15(25)21-14-7-6-12(19)8-13(14)20/h2-8H,9H2,1H3,(H,21,25). The van der Waals surface area contributed by atoms with Gasteiger partial charge in [0.15, 0.2) is 11.0 Å². The molecule has 3 rings (SSSR count). The molecule has 2 aromatic carbocycles. The summed E-state index contributed by atoms with van der Waals surface area (Å²) < 4.78 is 1.83. The second-order valence-corrected chi connectivity index (χ2v) is 7.56. The fourth-order valence-corrected chi connectivity index (χ4v) is 3.49. The number of aromatic nitrogens is 3. The van der Waals surface area contributed by atoms with Crippen molar-refractivity contribution in [1.82, 2.24) is 14.8 Å². The van der Waals surface area contributed by atoms with E-state index in [1.807, 2.05) is 23.7 Å². The molecule has 26 heavy (non-hydrogen) atoms. The molecule has 0 saturated heterocycles. The lowest BCUT2D eigenvalue weighted by Gasteiger charge is -2.07. The average Bonchev–Trinajstić information content (AvgIpc) is 2.97. The van der Waals surface area contributed by atoms with E-state index in [0.29, 0.717) is 31.7 Å². The fraction of sp³-hybridized carbons (Fsp3) is 0.118. The summed E-state index contributed by atoms with van der Waals surface area (Å²) in [7, 11) is 1.85. The number of halogens is 3. The van der Waals surface area contributed by atoms with Crippen LogP contribution in [0.25, 0.3) is 11.4 Å². The first-order valence-corrected chi connectivity index (χ1v) is 9.59. The Kier molecular flexibility index (Phi) is 6.09. The Bertz CT molecular complexity index is 944. The predicted molar refractivity (Wildman–Crippen MR) is 107 cm³/mol. The third kappa shape index (κ3) is 4.51. The maximum Gasteiger partial charge on any atom is 0.234 e. The lowest BCUT2D eigenvalue weighted by atomic mass is 10.2. The van der Waals surface area contributed by atoms with Crippen molar-refractivity contribution in [2.75, 3.05) is 11.1 Å². The number of anilines is 1. The third-order valence-corrected chi connectivity index (χ3v) is 5.29. The predicted octanol–water partition coefficient (Wildman–Crippen LogP) is 5.17. The minimum Gasteiger partial charge on any atom is -0.324 e. The molecule has 1 heterocycles. The minimum absolute atomic E-state index is 0.172. The van der Waals surface area contributed by atoms with Crippen LogP contribution in [0.3, 0.4) is 0 Å². The number of nitrogens with zero attached hydrogens (tertiary/aromatic N) is 3. The number of amides is 1. The monoisotopic (exact) mass is 426 g/mol. The Labute approximate surface area is 169 Å². The van der Waals surface area contributed by atoms with Crippen LogP contribution in [0, 0.1) is 0 Å². The molecule has 1 amide bonds. The van der Waals surface area contributed by atoms with Crippen LogP contribution in [0.15, 0.2) is 47.6 Å². The van der Waals surface area contributed by atoms with Gasteiger partial charge in [-0.2, -0.15) is 0 Å². The fourth-order valence-electron chi connectivity index (χ4n) is 2.20. The van der Waals surface area contributed by atoms with Gasteiger partial charge in [-0.3, -0.25) is 4.79 Å². The summed E-state index contributed by atoms with van der Waals surface area (Å²) in [5.74, 6) is 0.673. The van der Waals surface area contributed by atoms with E-state index in [9.17, 15) is 4.79 Å². The molecular formula is C17H13Cl3N4OS. The number of rotatable bonds is 5. The highest BCUT2D eigenvalue weighted by Gasteiger charge is 2.13. The molecule has 0 bridgehead atoms. The molecule has 0 aliphatic rings. The van der Waals surface area contributed by atoms with Crippen molar-refractivity contribution in [3.63, 3.8) is 0 Å². The second kappa shape index (κ2) is 8.31. The van der Waals surface area contributed by atoms with Gasteiger partial charge in [0.2, 0.25) is 5.91 Å². The number of nitrogens with one attached hydrogen (secondary N) is 1. The van der Waals surface area contributed by atoms with Gasteiger partial charge in [-0.15, -0.1) is 10.2 Å². The lowest BCUT2D eigenvalue weighted by molar-refractivity contribution is -0.113. The second-order valence-electron chi connectivity index (χ2n) is 5.33. The Hall–Kier alpha value is -1.73. The van der Waals surface area contributed by atoms with Crippen LogP contribution in [-0.2, 0) is 11.8 Å². The molecule has 0 aliphatic heterocycles. The van der Waals surface area contributed by atoms with Gasteiger partial charge in [0.25, 0.3) is 0 Å².